The lowest BCUT2D eigenvalue weighted by atomic mass is 9.86. The molecule has 0 amide bonds. The van der Waals surface area contributed by atoms with Gasteiger partial charge >= 0.3 is 0 Å². The van der Waals surface area contributed by atoms with Crippen LogP contribution in [0.25, 0.3) is 0 Å². The summed E-state index contributed by atoms with van der Waals surface area (Å²) < 4.78 is 5.51. The summed E-state index contributed by atoms with van der Waals surface area (Å²) in [7, 11) is 0. The van der Waals surface area contributed by atoms with Crippen molar-refractivity contribution >= 4 is 0 Å². The van der Waals surface area contributed by atoms with Crippen LogP contribution in [0, 0.1) is 5.92 Å². The molecule has 1 N–H and O–H groups in total. The highest BCUT2D eigenvalue weighted by Gasteiger charge is 2.30. The highest BCUT2D eigenvalue weighted by Crippen LogP contribution is 2.27. The quantitative estimate of drug-likeness (QED) is 0.848. The second-order valence-corrected chi connectivity index (χ2v) is 4.75. The smallest absolute Gasteiger partial charge is 0.0510 e. The molecule has 0 spiro atoms. The maximum atomic E-state index is 5.51. The molecule has 1 fully saturated rings. The Morgan fingerprint density at radius 2 is 2.41 bits per heavy atom. The molecule has 0 saturated carbocycles. The number of pyridine rings is 1. The van der Waals surface area contributed by atoms with E-state index in [9.17, 15) is 0 Å². The first kappa shape index (κ1) is 12.5. The van der Waals surface area contributed by atoms with Gasteiger partial charge in [-0.15, -0.1) is 0 Å². The van der Waals surface area contributed by atoms with Gasteiger partial charge in [-0.2, -0.15) is 0 Å². The van der Waals surface area contributed by atoms with E-state index in [1.807, 2.05) is 12.3 Å². The van der Waals surface area contributed by atoms with E-state index in [0.717, 1.165) is 26.2 Å². The Kier molecular flexibility index (Phi) is 4.51. The van der Waals surface area contributed by atoms with Crippen LogP contribution in [0.2, 0.25) is 0 Å². The third kappa shape index (κ3) is 3.05. The molecule has 3 nitrogen and oxygen atoms in total. The maximum absolute atomic E-state index is 5.51. The minimum atomic E-state index is 0.433. The summed E-state index contributed by atoms with van der Waals surface area (Å²) in [6.07, 6.45) is 3.04. The third-order valence-electron chi connectivity index (χ3n) is 3.61. The molecule has 1 saturated heterocycles. The normalized spacial score (nSPS) is 23.5. The molecule has 0 bridgehead atoms. The molecule has 3 atom stereocenters. The van der Waals surface area contributed by atoms with Gasteiger partial charge in [-0.3, -0.25) is 4.98 Å². The monoisotopic (exact) mass is 234 g/mol. The average Bonchev–Trinajstić information content (AvgIpc) is 2.90. The van der Waals surface area contributed by atoms with Crippen molar-refractivity contribution in [2.24, 2.45) is 5.92 Å². The van der Waals surface area contributed by atoms with Gasteiger partial charge in [0.15, 0.2) is 0 Å². The van der Waals surface area contributed by atoms with Crippen LogP contribution in [0.5, 0.6) is 0 Å². The van der Waals surface area contributed by atoms with Crippen LogP contribution in [0.4, 0.5) is 0 Å². The predicted octanol–water partition coefficient (Wildman–Crippen LogP) is 2.20. The van der Waals surface area contributed by atoms with Crippen molar-refractivity contribution in [2.75, 3.05) is 19.8 Å². The number of nitrogens with zero attached hydrogens (tertiary/aromatic N) is 1. The molecular weight excluding hydrogens is 212 g/mol. The molecule has 94 valence electrons. The summed E-state index contributed by atoms with van der Waals surface area (Å²) in [5, 5.41) is 3.60. The lowest BCUT2D eigenvalue weighted by Crippen LogP contribution is -2.40. The van der Waals surface area contributed by atoms with Crippen LogP contribution in [0.15, 0.2) is 24.4 Å². The third-order valence-corrected chi connectivity index (χ3v) is 3.61. The highest BCUT2D eigenvalue weighted by atomic mass is 16.5. The van der Waals surface area contributed by atoms with Crippen LogP contribution in [-0.2, 0) is 4.74 Å². The van der Waals surface area contributed by atoms with Crippen LogP contribution in [0.3, 0.4) is 0 Å². The minimum Gasteiger partial charge on any atom is -0.381 e. The molecule has 3 heteroatoms. The van der Waals surface area contributed by atoms with Crippen molar-refractivity contribution < 1.29 is 4.74 Å². The van der Waals surface area contributed by atoms with Gasteiger partial charge in [0.25, 0.3) is 0 Å². The zero-order valence-electron chi connectivity index (χ0n) is 10.7. The first-order chi connectivity index (χ1) is 8.33. The number of aromatic nitrogens is 1. The van der Waals surface area contributed by atoms with Crippen LogP contribution in [0.1, 0.15) is 31.9 Å². The minimum absolute atomic E-state index is 0.433. The number of nitrogens with one attached hydrogen (secondary N) is 1. The number of likely N-dealkylation sites (N-methyl/N-ethyl adjacent to an activating group) is 1. The molecule has 2 rings (SSSR count). The van der Waals surface area contributed by atoms with Gasteiger partial charge in [0.05, 0.1) is 6.61 Å². The van der Waals surface area contributed by atoms with E-state index < -0.39 is 0 Å². The van der Waals surface area contributed by atoms with Crippen molar-refractivity contribution in [3.05, 3.63) is 30.1 Å². The molecule has 1 aliphatic rings. The van der Waals surface area contributed by atoms with E-state index in [1.165, 1.54) is 5.69 Å². The first-order valence-corrected chi connectivity index (χ1v) is 6.55. The number of ether oxygens (including phenoxy) is 1. The predicted molar refractivity (Wildman–Crippen MR) is 69.0 cm³/mol. The zero-order chi connectivity index (χ0) is 12.1. The highest BCUT2D eigenvalue weighted by molar-refractivity contribution is 5.12. The number of hydrogen-bond donors (Lipinski definition) is 1. The second-order valence-electron chi connectivity index (χ2n) is 4.75. The van der Waals surface area contributed by atoms with Crippen molar-refractivity contribution in [3.8, 4) is 0 Å². The van der Waals surface area contributed by atoms with Gasteiger partial charge in [0.1, 0.15) is 0 Å². The van der Waals surface area contributed by atoms with Crippen LogP contribution >= 0.6 is 0 Å². The molecular formula is C14H22N2O. The topological polar surface area (TPSA) is 34.1 Å². The van der Waals surface area contributed by atoms with E-state index in [2.05, 4.69) is 36.3 Å². The SMILES string of the molecule is CCNC(C1CCOC1)C(C)c1ccccn1. The van der Waals surface area contributed by atoms with Gasteiger partial charge in [0, 0.05) is 36.4 Å². The van der Waals surface area contributed by atoms with E-state index in [4.69, 9.17) is 4.74 Å². The lowest BCUT2D eigenvalue weighted by molar-refractivity contribution is 0.173. The Bertz CT molecular complexity index is 322. The summed E-state index contributed by atoms with van der Waals surface area (Å²) in [5.74, 6) is 1.05. The molecule has 0 radical (unpaired) electrons. The Morgan fingerprint density at radius 3 is 3.00 bits per heavy atom. The fraction of sp³-hybridized carbons (Fsp3) is 0.643. The van der Waals surface area contributed by atoms with Crippen LogP contribution in [-0.4, -0.2) is 30.8 Å². The van der Waals surface area contributed by atoms with E-state index in [1.54, 1.807) is 0 Å². The Labute approximate surface area is 104 Å². The fourth-order valence-corrected chi connectivity index (χ4v) is 2.65. The van der Waals surface area contributed by atoms with Crippen LogP contribution < -0.4 is 5.32 Å². The summed E-state index contributed by atoms with van der Waals surface area (Å²) in [4.78, 5) is 4.47. The fourth-order valence-electron chi connectivity index (χ4n) is 2.65. The second kappa shape index (κ2) is 6.12. The summed E-state index contributed by atoms with van der Waals surface area (Å²) in [5.41, 5.74) is 1.17. The Morgan fingerprint density at radius 1 is 1.53 bits per heavy atom. The molecule has 1 aromatic heterocycles. The van der Waals surface area contributed by atoms with Crippen molar-refractivity contribution in [2.45, 2.75) is 32.2 Å². The van der Waals surface area contributed by atoms with Gasteiger partial charge in [-0.1, -0.05) is 19.9 Å². The molecule has 1 aromatic rings. The molecule has 1 aliphatic heterocycles. The van der Waals surface area contributed by atoms with Gasteiger partial charge in [-0.25, -0.2) is 0 Å². The summed E-state index contributed by atoms with van der Waals surface area (Å²) >= 11 is 0. The van der Waals surface area contributed by atoms with Gasteiger partial charge in [0.2, 0.25) is 0 Å². The van der Waals surface area contributed by atoms with Gasteiger partial charge < -0.3 is 10.1 Å². The first-order valence-electron chi connectivity index (χ1n) is 6.55. The summed E-state index contributed by atoms with van der Waals surface area (Å²) in [6, 6.07) is 6.62. The van der Waals surface area contributed by atoms with E-state index >= 15 is 0 Å². The number of rotatable bonds is 5. The standard InChI is InChI=1S/C14H22N2O/c1-3-15-14(12-7-9-17-10-12)11(2)13-6-4-5-8-16-13/h4-6,8,11-12,14-15H,3,7,9-10H2,1-2H3. The van der Waals surface area contributed by atoms with Crippen molar-refractivity contribution in [1.29, 1.82) is 0 Å². The summed E-state index contributed by atoms with van der Waals surface area (Å²) in [6.45, 7) is 7.20. The lowest BCUT2D eigenvalue weighted by Gasteiger charge is -2.29. The molecule has 0 aliphatic carbocycles. The zero-order valence-corrected chi connectivity index (χ0v) is 10.7. The molecule has 2 heterocycles. The molecule has 3 unspecified atom stereocenters. The van der Waals surface area contributed by atoms with Crippen molar-refractivity contribution in [1.82, 2.24) is 10.3 Å². The molecule has 17 heavy (non-hydrogen) atoms. The Balaban J connectivity index is 2.09. The average molecular weight is 234 g/mol. The largest absolute Gasteiger partial charge is 0.381 e. The van der Waals surface area contributed by atoms with E-state index in [0.29, 0.717) is 17.9 Å². The number of hydrogen-bond acceptors (Lipinski definition) is 3. The van der Waals surface area contributed by atoms with E-state index in [-0.39, 0.29) is 0 Å². The Hall–Kier alpha value is -0.930. The van der Waals surface area contributed by atoms with Gasteiger partial charge in [-0.05, 0) is 25.1 Å². The molecule has 0 aromatic carbocycles. The van der Waals surface area contributed by atoms with Crippen molar-refractivity contribution in [3.63, 3.8) is 0 Å². The maximum Gasteiger partial charge on any atom is 0.0510 e.